The molecule has 96 valence electrons. The van der Waals surface area contributed by atoms with Crippen LogP contribution in [0, 0.1) is 5.41 Å². The number of nitrogens with one attached hydrogen (secondary N) is 2. The Kier molecular flexibility index (Phi) is 3.25. The average molecular weight is 286 g/mol. The molecular weight excluding hydrogens is 273 g/mol. The Morgan fingerprint density at radius 2 is 1.89 bits per heavy atom. The van der Waals surface area contributed by atoms with Gasteiger partial charge in [0.2, 0.25) is 11.9 Å². The minimum Gasteiger partial charge on any atom is -0.324 e. The van der Waals surface area contributed by atoms with Gasteiger partial charge < -0.3 is 4.98 Å². The van der Waals surface area contributed by atoms with E-state index >= 15 is 0 Å². The summed E-state index contributed by atoms with van der Waals surface area (Å²) in [5.74, 6) is 0.280. The van der Waals surface area contributed by atoms with Crippen LogP contribution in [0.5, 0.6) is 0 Å². The Balaban J connectivity index is 2.34. The third-order valence-electron chi connectivity index (χ3n) is 2.44. The normalized spacial score (nSPS) is 11.8. The first-order chi connectivity index (χ1) is 8.27. The number of amides is 1. The van der Waals surface area contributed by atoms with Crippen molar-refractivity contribution in [3.05, 3.63) is 22.2 Å². The predicted octanol–water partition coefficient (Wildman–Crippen LogP) is 3.85. The molecule has 0 atom stereocenters. The van der Waals surface area contributed by atoms with Crippen LogP contribution in [0.4, 0.5) is 5.95 Å². The Morgan fingerprint density at radius 1 is 1.28 bits per heavy atom. The number of aromatic amines is 1. The highest BCUT2D eigenvalue weighted by molar-refractivity contribution is 6.42. The maximum Gasteiger partial charge on any atom is 0.232 e. The predicted molar refractivity (Wildman–Crippen MR) is 74.2 cm³/mol. The van der Waals surface area contributed by atoms with Crippen LogP contribution in [0.3, 0.4) is 0 Å². The van der Waals surface area contributed by atoms with Gasteiger partial charge in [0.15, 0.2) is 0 Å². The first kappa shape index (κ1) is 13.2. The molecule has 0 fully saturated rings. The van der Waals surface area contributed by atoms with Crippen molar-refractivity contribution < 1.29 is 4.79 Å². The molecule has 2 N–H and O–H groups in total. The van der Waals surface area contributed by atoms with Crippen LogP contribution < -0.4 is 5.32 Å². The molecule has 1 amide bonds. The molecule has 0 unspecified atom stereocenters. The number of rotatable bonds is 1. The van der Waals surface area contributed by atoms with Gasteiger partial charge in [0, 0.05) is 5.41 Å². The summed E-state index contributed by atoms with van der Waals surface area (Å²) in [5, 5.41) is 3.60. The summed E-state index contributed by atoms with van der Waals surface area (Å²) >= 11 is 11.8. The summed E-state index contributed by atoms with van der Waals surface area (Å²) in [5.41, 5.74) is 0.913. The number of carbonyl (C=O) groups excluding carboxylic acids is 1. The molecular formula is C12H13Cl2N3O. The maximum atomic E-state index is 11.8. The minimum atomic E-state index is -0.478. The molecule has 2 rings (SSSR count). The molecule has 18 heavy (non-hydrogen) atoms. The fourth-order valence-electron chi connectivity index (χ4n) is 1.36. The van der Waals surface area contributed by atoms with Crippen LogP contribution in [0.15, 0.2) is 12.1 Å². The second kappa shape index (κ2) is 4.44. The minimum absolute atomic E-state index is 0.112. The zero-order valence-corrected chi connectivity index (χ0v) is 11.8. The van der Waals surface area contributed by atoms with Crippen LogP contribution >= 0.6 is 23.2 Å². The Morgan fingerprint density at radius 3 is 2.50 bits per heavy atom. The number of aromatic nitrogens is 2. The van der Waals surface area contributed by atoms with E-state index in [9.17, 15) is 4.79 Å². The quantitative estimate of drug-likeness (QED) is 0.836. The summed E-state index contributed by atoms with van der Waals surface area (Å²) in [6.45, 7) is 5.50. The second-order valence-corrected chi connectivity index (χ2v) is 5.89. The summed E-state index contributed by atoms with van der Waals surface area (Å²) < 4.78 is 0. The topological polar surface area (TPSA) is 57.8 Å². The van der Waals surface area contributed by atoms with Gasteiger partial charge in [-0.3, -0.25) is 10.1 Å². The third-order valence-corrected chi connectivity index (χ3v) is 3.16. The smallest absolute Gasteiger partial charge is 0.232 e. The molecule has 0 bridgehead atoms. The summed E-state index contributed by atoms with van der Waals surface area (Å²) in [6.07, 6.45) is 0. The highest BCUT2D eigenvalue weighted by Crippen LogP contribution is 2.27. The van der Waals surface area contributed by atoms with Crippen molar-refractivity contribution in [1.29, 1.82) is 0 Å². The summed E-state index contributed by atoms with van der Waals surface area (Å²) in [6, 6.07) is 3.33. The molecule has 0 saturated carbocycles. The highest BCUT2D eigenvalue weighted by Gasteiger charge is 2.22. The van der Waals surface area contributed by atoms with E-state index in [-0.39, 0.29) is 5.91 Å². The lowest BCUT2D eigenvalue weighted by atomic mass is 9.96. The average Bonchev–Trinajstić information content (AvgIpc) is 2.59. The number of anilines is 1. The number of hydrogen-bond donors (Lipinski definition) is 2. The molecule has 0 aliphatic heterocycles. The van der Waals surface area contributed by atoms with Gasteiger partial charge in [-0.15, -0.1) is 0 Å². The molecule has 1 aromatic heterocycles. The lowest BCUT2D eigenvalue weighted by molar-refractivity contribution is -0.123. The largest absolute Gasteiger partial charge is 0.324 e. The van der Waals surface area contributed by atoms with Crippen molar-refractivity contribution in [2.75, 3.05) is 5.32 Å². The zero-order chi connectivity index (χ0) is 13.5. The number of halogens is 2. The van der Waals surface area contributed by atoms with E-state index in [1.54, 1.807) is 12.1 Å². The number of fused-ring (bicyclic) bond motifs is 1. The van der Waals surface area contributed by atoms with Crippen LogP contribution in [-0.4, -0.2) is 15.9 Å². The molecule has 0 saturated heterocycles. The van der Waals surface area contributed by atoms with Gasteiger partial charge in [-0.05, 0) is 12.1 Å². The second-order valence-electron chi connectivity index (χ2n) is 5.07. The summed E-state index contributed by atoms with van der Waals surface area (Å²) in [4.78, 5) is 19.0. The van der Waals surface area contributed by atoms with Crippen molar-refractivity contribution in [2.45, 2.75) is 20.8 Å². The van der Waals surface area contributed by atoms with Gasteiger partial charge >= 0.3 is 0 Å². The van der Waals surface area contributed by atoms with Crippen molar-refractivity contribution in [2.24, 2.45) is 5.41 Å². The number of H-pyrrole nitrogens is 1. The Hall–Kier alpha value is -1.26. The maximum absolute atomic E-state index is 11.8. The molecule has 2 aromatic rings. The van der Waals surface area contributed by atoms with Crippen LogP contribution in [0.25, 0.3) is 11.0 Å². The molecule has 6 heteroatoms. The first-order valence-corrected chi connectivity index (χ1v) is 6.19. The first-order valence-electron chi connectivity index (χ1n) is 5.43. The van der Waals surface area contributed by atoms with Crippen LogP contribution in [-0.2, 0) is 4.79 Å². The van der Waals surface area contributed by atoms with E-state index in [1.807, 2.05) is 20.8 Å². The van der Waals surface area contributed by atoms with E-state index in [0.29, 0.717) is 21.5 Å². The number of imidazole rings is 1. The van der Waals surface area contributed by atoms with E-state index in [0.717, 1.165) is 5.52 Å². The molecule has 0 aliphatic rings. The molecule has 4 nitrogen and oxygen atoms in total. The van der Waals surface area contributed by atoms with E-state index in [2.05, 4.69) is 15.3 Å². The van der Waals surface area contributed by atoms with Gasteiger partial charge in [-0.2, -0.15) is 0 Å². The highest BCUT2D eigenvalue weighted by atomic mass is 35.5. The standard InChI is InChI=1S/C12H13Cl2N3O/c1-12(2,3)10(18)17-11-15-8-4-6(13)7(14)5-9(8)16-11/h4-5H,1-3H3,(H2,15,16,17,18). The third kappa shape index (κ3) is 2.60. The molecule has 0 spiro atoms. The fourth-order valence-corrected chi connectivity index (χ4v) is 1.68. The van der Waals surface area contributed by atoms with Gasteiger partial charge in [0.1, 0.15) is 0 Å². The van der Waals surface area contributed by atoms with Gasteiger partial charge in [-0.25, -0.2) is 4.98 Å². The van der Waals surface area contributed by atoms with Gasteiger partial charge in [-0.1, -0.05) is 44.0 Å². The molecule has 1 heterocycles. The number of hydrogen-bond acceptors (Lipinski definition) is 2. The zero-order valence-electron chi connectivity index (χ0n) is 10.3. The fraction of sp³-hybridized carbons (Fsp3) is 0.333. The van der Waals surface area contributed by atoms with Crippen molar-refractivity contribution in [1.82, 2.24) is 9.97 Å². The lowest BCUT2D eigenvalue weighted by Crippen LogP contribution is -2.28. The number of benzene rings is 1. The van der Waals surface area contributed by atoms with Crippen LogP contribution in [0.2, 0.25) is 10.0 Å². The van der Waals surface area contributed by atoms with Gasteiger partial charge in [0.05, 0.1) is 21.1 Å². The SMILES string of the molecule is CC(C)(C)C(=O)Nc1nc2cc(Cl)c(Cl)cc2[nH]1. The van der Waals surface area contributed by atoms with Crippen LogP contribution in [0.1, 0.15) is 20.8 Å². The number of carbonyl (C=O) groups is 1. The van der Waals surface area contributed by atoms with E-state index in [4.69, 9.17) is 23.2 Å². The molecule has 0 aliphatic carbocycles. The number of nitrogens with zero attached hydrogens (tertiary/aromatic N) is 1. The van der Waals surface area contributed by atoms with Crippen molar-refractivity contribution >= 4 is 46.1 Å². The molecule has 1 aromatic carbocycles. The van der Waals surface area contributed by atoms with Crippen molar-refractivity contribution in [3.8, 4) is 0 Å². The lowest BCUT2D eigenvalue weighted by Gasteiger charge is -2.15. The van der Waals surface area contributed by atoms with Gasteiger partial charge in [0.25, 0.3) is 0 Å². The van der Waals surface area contributed by atoms with Crippen molar-refractivity contribution in [3.63, 3.8) is 0 Å². The Labute approximate surface area is 115 Å². The molecule has 0 radical (unpaired) electrons. The van der Waals surface area contributed by atoms with E-state index < -0.39 is 5.41 Å². The monoisotopic (exact) mass is 285 g/mol. The summed E-state index contributed by atoms with van der Waals surface area (Å²) in [7, 11) is 0. The Bertz CT molecular complexity index is 575. The van der Waals surface area contributed by atoms with E-state index in [1.165, 1.54) is 0 Å².